The Morgan fingerprint density at radius 3 is 1.83 bits per heavy atom. The molecule has 1 saturated heterocycles. The van der Waals surface area contributed by atoms with Gasteiger partial charge in [0.15, 0.2) is 0 Å². The summed E-state index contributed by atoms with van der Waals surface area (Å²) >= 11 is 0. The number of rotatable bonds is 5. The lowest BCUT2D eigenvalue weighted by molar-refractivity contribution is -0.197. The molecule has 1 aromatic rings. The second-order valence-corrected chi connectivity index (χ2v) is 8.51. The minimum atomic E-state index is -0.579. The largest absolute Gasteiger partial charge is 0.337 e. The van der Waals surface area contributed by atoms with E-state index in [-0.39, 0.29) is 19.3 Å². The van der Waals surface area contributed by atoms with Gasteiger partial charge in [-0.1, -0.05) is 88.5 Å². The number of benzene rings is 1. The summed E-state index contributed by atoms with van der Waals surface area (Å²) in [6, 6.07) is 8.10. The molecule has 0 aromatic heterocycles. The Kier molecular flexibility index (Phi) is 8.26. The summed E-state index contributed by atoms with van der Waals surface area (Å²) in [7, 11) is 0. The molecule has 2 aliphatic rings. The minimum absolute atomic E-state index is 0.0563. The molecule has 3 rings (SSSR count). The fourth-order valence-electron chi connectivity index (χ4n) is 4.36. The lowest BCUT2D eigenvalue weighted by Gasteiger charge is -2.17. The van der Waals surface area contributed by atoms with Crippen LogP contribution in [0.15, 0.2) is 24.3 Å². The van der Waals surface area contributed by atoms with E-state index in [1.54, 1.807) is 0 Å². The zero-order valence-electron chi connectivity index (χ0n) is 17.4. The van der Waals surface area contributed by atoms with E-state index in [9.17, 15) is 14.4 Å². The van der Waals surface area contributed by atoms with E-state index >= 15 is 0 Å². The smallest absolute Gasteiger partial charge is 0.330 e. The van der Waals surface area contributed by atoms with E-state index in [1.165, 1.54) is 69.8 Å². The molecule has 1 aliphatic carbocycles. The number of carbonyl (C=O) groups excluding carboxylic acids is 3. The molecule has 1 heterocycles. The van der Waals surface area contributed by atoms with Gasteiger partial charge in [-0.15, -0.1) is 5.06 Å². The number of carbonyl (C=O) groups is 3. The summed E-state index contributed by atoms with van der Waals surface area (Å²) in [5, 5.41) is 0.610. The first kappa shape index (κ1) is 21.5. The average Bonchev–Trinajstić information content (AvgIpc) is 2.99. The van der Waals surface area contributed by atoms with Crippen molar-refractivity contribution in [3.8, 4) is 0 Å². The van der Waals surface area contributed by atoms with Gasteiger partial charge in [-0.25, -0.2) is 4.79 Å². The molecule has 1 aliphatic heterocycles. The van der Waals surface area contributed by atoms with Crippen LogP contribution in [0.25, 0.3) is 0 Å². The van der Waals surface area contributed by atoms with E-state index in [2.05, 4.69) is 12.1 Å². The van der Waals surface area contributed by atoms with Gasteiger partial charge in [0, 0.05) is 12.8 Å². The SMILES string of the molecule is O=C(Cc1ccc(CC2CCCCCCCCCC2)cc1)ON1C(=O)CCC1=O. The average molecular weight is 400 g/mol. The van der Waals surface area contributed by atoms with Crippen molar-refractivity contribution in [2.75, 3.05) is 0 Å². The molecule has 29 heavy (non-hydrogen) atoms. The zero-order chi connectivity index (χ0) is 20.5. The van der Waals surface area contributed by atoms with Crippen molar-refractivity contribution in [2.24, 2.45) is 5.92 Å². The van der Waals surface area contributed by atoms with Gasteiger partial charge in [0.05, 0.1) is 6.42 Å². The van der Waals surface area contributed by atoms with Crippen molar-refractivity contribution in [3.05, 3.63) is 35.4 Å². The van der Waals surface area contributed by atoms with E-state index in [1.807, 2.05) is 12.1 Å². The molecule has 5 nitrogen and oxygen atoms in total. The third-order valence-electron chi connectivity index (χ3n) is 6.07. The molecular weight excluding hydrogens is 366 g/mol. The van der Waals surface area contributed by atoms with Gasteiger partial charge in [0.25, 0.3) is 11.8 Å². The highest BCUT2D eigenvalue weighted by molar-refractivity contribution is 6.01. The lowest BCUT2D eigenvalue weighted by atomic mass is 9.89. The van der Waals surface area contributed by atoms with Crippen LogP contribution in [0.4, 0.5) is 0 Å². The van der Waals surface area contributed by atoms with Crippen molar-refractivity contribution in [1.82, 2.24) is 5.06 Å². The highest BCUT2D eigenvalue weighted by Gasteiger charge is 2.32. The predicted octanol–water partition coefficient (Wildman–Crippen LogP) is 4.91. The molecule has 0 bridgehead atoms. The van der Waals surface area contributed by atoms with E-state index < -0.39 is 17.8 Å². The van der Waals surface area contributed by atoms with Gasteiger partial charge in [-0.3, -0.25) is 9.59 Å². The fraction of sp³-hybridized carbons (Fsp3) is 0.625. The summed E-state index contributed by atoms with van der Waals surface area (Å²) in [6.07, 6.45) is 15.0. The quantitative estimate of drug-likeness (QED) is 0.660. The van der Waals surface area contributed by atoms with Crippen molar-refractivity contribution in [3.63, 3.8) is 0 Å². The van der Waals surface area contributed by atoms with Crippen LogP contribution in [0, 0.1) is 5.92 Å². The van der Waals surface area contributed by atoms with Crippen LogP contribution < -0.4 is 0 Å². The van der Waals surface area contributed by atoms with Crippen molar-refractivity contribution in [2.45, 2.75) is 89.9 Å². The molecule has 5 heteroatoms. The summed E-state index contributed by atoms with van der Waals surface area (Å²) in [4.78, 5) is 40.1. The molecule has 1 saturated carbocycles. The highest BCUT2D eigenvalue weighted by Crippen LogP contribution is 2.24. The second-order valence-electron chi connectivity index (χ2n) is 8.51. The number of amides is 2. The topological polar surface area (TPSA) is 63.7 Å². The molecule has 2 fully saturated rings. The van der Waals surface area contributed by atoms with Crippen LogP contribution in [0.5, 0.6) is 0 Å². The summed E-state index contributed by atoms with van der Waals surface area (Å²) in [5.41, 5.74) is 2.15. The van der Waals surface area contributed by atoms with Crippen LogP contribution in [-0.2, 0) is 32.1 Å². The summed E-state index contributed by atoms with van der Waals surface area (Å²) < 4.78 is 0. The van der Waals surface area contributed by atoms with Crippen molar-refractivity contribution >= 4 is 17.8 Å². The molecular formula is C24H33NO4. The third kappa shape index (κ3) is 6.98. The Bertz CT molecular complexity index is 669. The molecule has 0 radical (unpaired) electrons. The summed E-state index contributed by atoms with van der Waals surface area (Å²) in [6.45, 7) is 0. The molecule has 0 N–H and O–H groups in total. The standard InChI is InChI=1S/C24H33NO4/c26-22-15-16-23(27)25(22)29-24(28)18-21-13-11-20(12-14-21)17-19-9-7-5-3-1-2-4-6-8-10-19/h11-14,19H,1-10,15-18H2. The predicted molar refractivity (Wildman–Crippen MR) is 111 cm³/mol. The monoisotopic (exact) mass is 399 g/mol. The van der Waals surface area contributed by atoms with E-state index in [0.29, 0.717) is 5.06 Å². The number of hydrogen-bond acceptors (Lipinski definition) is 4. The van der Waals surface area contributed by atoms with Crippen molar-refractivity contribution < 1.29 is 19.2 Å². The molecule has 0 unspecified atom stereocenters. The first-order valence-corrected chi connectivity index (χ1v) is 11.3. The number of nitrogens with zero attached hydrogens (tertiary/aromatic N) is 1. The van der Waals surface area contributed by atoms with Crippen LogP contribution in [0.3, 0.4) is 0 Å². The maximum absolute atomic E-state index is 12.1. The minimum Gasteiger partial charge on any atom is -0.330 e. The maximum Gasteiger partial charge on any atom is 0.337 e. The second kappa shape index (κ2) is 11.1. The third-order valence-corrected chi connectivity index (χ3v) is 6.07. The van der Waals surface area contributed by atoms with E-state index in [4.69, 9.17) is 4.84 Å². The molecule has 2 amide bonds. The normalized spacial score (nSPS) is 19.8. The number of hydrogen-bond donors (Lipinski definition) is 0. The van der Waals surface area contributed by atoms with Crippen LogP contribution >= 0.6 is 0 Å². The first-order valence-electron chi connectivity index (χ1n) is 11.3. The number of hydroxylamine groups is 2. The Balaban J connectivity index is 1.48. The van der Waals surface area contributed by atoms with Gasteiger partial charge in [-0.05, 0) is 23.5 Å². The van der Waals surface area contributed by atoms with Gasteiger partial charge < -0.3 is 4.84 Å². The van der Waals surface area contributed by atoms with Crippen LogP contribution in [0.1, 0.15) is 88.2 Å². The molecule has 0 atom stereocenters. The van der Waals surface area contributed by atoms with Crippen LogP contribution in [-0.4, -0.2) is 22.8 Å². The zero-order valence-corrected chi connectivity index (χ0v) is 17.4. The Morgan fingerprint density at radius 2 is 1.28 bits per heavy atom. The highest BCUT2D eigenvalue weighted by atomic mass is 16.7. The Labute approximate surface area is 173 Å². The Hall–Kier alpha value is -2.17. The van der Waals surface area contributed by atoms with E-state index in [0.717, 1.165) is 17.9 Å². The van der Waals surface area contributed by atoms with Gasteiger partial charge >= 0.3 is 5.97 Å². The van der Waals surface area contributed by atoms with Gasteiger partial charge in [-0.2, -0.15) is 0 Å². The van der Waals surface area contributed by atoms with Crippen LogP contribution in [0.2, 0.25) is 0 Å². The lowest BCUT2D eigenvalue weighted by Crippen LogP contribution is -2.32. The molecule has 1 aromatic carbocycles. The fourth-order valence-corrected chi connectivity index (χ4v) is 4.36. The van der Waals surface area contributed by atoms with Crippen molar-refractivity contribution in [1.29, 1.82) is 0 Å². The van der Waals surface area contributed by atoms with Gasteiger partial charge in [0.1, 0.15) is 0 Å². The summed E-state index contributed by atoms with van der Waals surface area (Å²) in [5.74, 6) is -0.721. The molecule has 0 spiro atoms. The first-order chi connectivity index (χ1) is 14.1. The van der Waals surface area contributed by atoms with Gasteiger partial charge in [0.2, 0.25) is 0 Å². The number of imide groups is 1. The maximum atomic E-state index is 12.1. The Morgan fingerprint density at radius 1 is 0.793 bits per heavy atom. The molecule has 158 valence electrons.